The highest BCUT2D eigenvalue weighted by atomic mass is 32.2. The minimum absolute atomic E-state index is 0.0913. The Morgan fingerprint density at radius 3 is 2.41 bits per heavy atom. The minimum atomic E-state index is -4.91. The van der Waals surface area contributed by atoms with Gasteiger partial charge in [0.2, 0.25) is 0 Å². The van der Waals surface area contributed by atoms with Gasteiger partial charge in [0, 0.05) is 59.7 Å². The average Bonchev–Trinajstić information content (AvgIpc) is 2.93. The van der Waals surface area contributed by atoms with E-state index in [4.69, 9.17) is 4.74 Å². The standard InChI is InChI=1S/C25H28N6O7S3/c1-4-39(32)13-11-28-25-22(16(2)19(15-26)24(29-25)27-10-7-12-38-3)30-31-23-18-9-6-5-8-17(18)20(40(33)34)14-21(23)41(35,36)37/h4-6,8-9,14H,1,7,10-13H2,2-3H3,(H,33,34)(H2,27,28,29)(H,35,36,37). The predicted octanol–water partition coefficient (Wildman–Crippen LogP) is 4.41. The van der Waals surface area contributed by atoms with Crippen molar-refractivity contribution in [3.63, 3.8) is 0 Å². The molecule has 3 aromatic rings. The Bertz CT molecular complexity index is 1690. The van der Waals surface area contributed by atoms with Crippen molar-refractivity contribution in [2.75, 3.05) is 43.2 Å². The number of hydrogen-bond acceptors (Lipinski definition) is 11. The van der Waals surface area contributed by atoms with E-state index < -0.39 is 36.9 Å². The van der Waals surface area contributed by atoms with Crippen molar-refractivity contribution in [1.82, 2.24) is 4.98 Å². The van der Waals surface area contributed by atoms with Crippen molar-refractivity contribution < 1.29 is 30.7 Å². The lowest BCUT2D eigenvalue weighted by Crippen LogP contribution is -2.14. The number of nitriles is 1. The molecule has 0 amide bonds. The van der Waals surface area contributed by atoms with E-state index in [9.17, 15) is 31.2 Å². The number of nitrogens with zero attached hydrogens (tertiary/aromatic N) is 4. The second kappa shape index (κ2) is 14.3. The smallest absolute Gasteiger partial charge is 0.296 e. The van der Waals surface area contributed by atoms with Crippen LogP contribution in [0.4, 0.5) is 23.0 Å². The number of anilines is 2. The molecule has 0 radical (unpaired) electrons. The van der Waals surface area contributed by atoms with Crippen LogP contribution >= 0.6 is 0 Å². The van der Waals surface area contributed by atoms with E-state index in [0.29, 0.717) is 25.1 Å². The van der Waals surface area contributed by atoms with Crippen LogP contribution in [0.2, 0.25) is 0 Å². The molecule has 0 aliphatic rings. The first-order valence-corrected chi connectivity index (χ1v) is 15.9. The molecule has 1 heterocycles. The highest BCUT2D eigenvalue weighted by Crippen LogP contribution is 2.40. The van der Waals surface area contributed by atoms with Crippen molar-refractivity contribution in [1.29, 1.82) is 5.26 Å². The molecule has 0 fully saturated rings. The molecule has 218 valence electrons. The van der Waals surface area contributed by atoms with Gasteiger partial charge in [0.1, 0.15) is 28.2 Å². The number of hydrogen-bond donors (Lipinski definition) is 4. The van der Waals surface area contributed by atoms with Gasteiger partial charge >= 0.3 is 0 Å². The van der Waals surface area contributed by atoms with E-state index in [1.165, 1.54) is 17.5 Å². The van der Waals surface area contributed by atoms with Gasteiger partial charge in [0.05, 0.1) is 10.5 Å². The van der Waals surface area contributed by atoms with Crippen molar-refractivity contribution >= 4 is 65.8 Å². The zero-order chi connectivity index (χ0) is 30.2. The molecule has 16 heteroatoms. The lowest BCUT2D eigenvalue weighted by Gasteiger charge is -2.16. The summed E-state index contributed by atoms with van der Waals surface area (Å²) in [6.07, 6.45) is 0.644. The van der Waals surface area contributed by atoms with Crippen molar-refractivity contribution in [2.45, 2.75) is 23.1 Å². The summed E-state index contributed by atoms with van der Waals surface area (Å²) >= 11 is -2.57. The topological polar surface area (TPSA) is 203 Å². The van der Waals surface area contributed by atoms with Gasteiger partial charge in [-0.05, 0) is 24.8 Å². The van der Waals surface area contributed by atoms with E-state index >= 15 is 0 Å². The van der Waals surface area contributed by atoms with Gasteiger partial charge in [0.15, 0.2) is 16.9 Å². The number of pyridine rings is 1. The fourth-order valence-electron chi connectivity index (χ4n) is 3.83. The molecule has 13 nitrogen and oxygen atoms in total. The number of ether oxygens (including phenoxy) is 1. The third kappa shape index (κ3) is 7.79. The Kier molecular flexibility index (Phi) is 11.2. The summed E-state index contributed by atoms with van der Waals surface area (Å²) in [6.45, 7) is 6.25. The van der Waals surface area contributed by atoms with Crippen LogP contribution in [0, 0.1) is 18.3 Å². The number of methoxy groups -OCH3 is 1. The summed E-state index contributed by atoms with van der Waals surface area (Å²) in [5.41, 5.74) is 0.338. The van der Waals surface area contributed by atoms with Gasteiger partial charge in [-0.2, -0.15) is 13.7 Å². The molecule has 1 aromatic heterocycles. The highest BCUT2D eigenvalue weighted by Gasteiger charge is 2.24. The van der Waals surface area contributed by atoms with Crippen LogP contribution in [-0.4, -0.2) is 63.5 Å². The van der Waals surface area contributed by atoms with Gasteiger partial charge in [-0.25, -0.2) is 9.19 Å². The molecular weight excluding hydrogens is 593 g/mol. The molecule has 0 aliphatic heterocycles. The molecular formula is C25H28N6O7S3. The number of nitrogens with one attached hydrogen (secondary N) is 2. The average molecular weight is 621 g/mol. The largest absolute Gasteiger partial charge is 0.385 e. The molecule has 0 aliphatic carbocycles. The number of rotatable bonds is 14. The monoisotopic (exact) mass is 620 g/mol. The first kappa shape index (κ1) is 31.9. The Hall–Kier alpha value is -3.59. The summed E-state index contributed by atoms with van der Waals surface area (Å²) in [7, 11) is -4.64. The van der Waals surface area contributed by atoms with E-state index in [-0.39, 0.29) is 56.5 Å². The summed E-state index contributed by atoms with van der Waals surface area (Å²) in [6, 6.07) is 9.09. The van der Waals surface area contributed by atoms with E-state index in [0.717, 1.165) is 6.07 Å². The second-order valence-corrected chi connectivity index (χ2v) is 12.2. The molecule has 41 heavy (non-hydrogen) atoms. The fraction of sp³-hybridized carbons (Fsp3) is 0.280. The maximum absolute atomic E-state index is 12.3. The maximum atomic E-state index is 12.3. The maximum Gasteiger partial charge on any atom is 0.296 e. The van der Waals surface area contributed by atoms with Crippen molar-refractivity contribution in [3.8, 4) is 6.07 Å². The van der Waals surface area contributed by atoms with E-state index in [2.05, 4.69) is 38.5 Å². The lowest BCUT2D eigenvalue weighted by atomic mass is 10.1. The van der Waals surface area contributed by atoms with Gasteiger partial charge in [-0.15, -0.1) is 10.2 Å². The Balaban J connectivity index is 2.22. The predicted molar refractivity (Wildman–Crippen MR) is 157 cm³/mol. The van der Waals surface area contributed by atoms with Gasteiger partial charge < -0.3 is 19.9 Å². The molecule has 4 N–H and O–H groups in total. The van der Waals surface area contributed by atoms with Gasteiger partial charge in [-0.1, -0.05) is 30.8 Å². The van der Waals surface area contributed by atoms with Crippen LogP contribution in [0.3, 0.4) is 0 Å². The normalized spacial score (nSPS) is 13.1. The summed E-state index contributed by atoms with van der Waals surface area (Å²) in [5, 5.41) is 26.1. The first-order valence-electron chi connectivity index (χ1n) is 12.0. The molecule has 0 saturated heterocycles. The van der Waals surface area contributed by atoms with Crippen LogP contribution in [0.5, 0.6) is 0 Å². The second-order valence-electron chi connectivity index (χ2n) is 8.41. The molecule has 0 saturated carbocycles. The lowest BCUT2D eigenvalue weighted by molar-refractivity contribution is 0.198. The fourth-order valence-corrected chi connectivity index (χ4v) is 5.62. The SMILES string of the molecule is C=CS(=O)CCNc1nc(NCCCOC)c(C#N)c(C)c1N=Nc1c(S(=O)(=O)O)cc(S(=O)O)c2ccccc12. The summed E-state index contributed by atoms with van der Waals surface area (Å²) in [4.78, 5) is 3.54. The molecule has 2 unspecified atom stereocenters. The van der Waals surface area contributed by atoms with Crippen LogP contribution in [0.1, 0.15) is 17.5 Å². The number of azo groups is 1. The highest BCUT2D eigenvalue weighted by molar-refractivity contribution is 7.88. The molecule has 2 aromatic carbocycles. The Morgan fingerprint density at radius 2 is 1.80 bits per heavy atom. The molecule has 3 rings (SSSR count). The number of benzene rings is 2. The van der Waals surface area contributed by atoms with E-state index in [1.54, 1.807) is 26.2 Å². The van der Waals surface area contributed by atoms with Gasteiger partial charge in [0.25, 0.3) is 10.1 Å². The third-order valence-corrected chi connectivity index (χ3v) is 8.34. The summed E-state index contributed by atoms with van der Waals surface area (Å²) < 4.78 is 73.2. The van der Waals surface area contributed by atoms with Gasteiger partial charge in [-0.3, -0.25) is 8.76 Å². The van der Waals surface area contributed by atoms with Crippen LogP contribution in [-0.2, 0) is 36.7 Å². The van der Waals surface area contributed by atoms with E-state index in [1.807, 2.05) is 0 Å². The number of aromatic nitrogens is 1. The van der Waals surface area contributed by atoms with Crippen molar-refractivity contribution in [2.24, 2.45) is 10.2 Å². The van der Waals surface area contributed by atoms with Crippen LogP contribution in [0.25, 0.3) is 10.8 Å². The summed E-state index contributed by atoms with van der Waals surface area (Å²) in [5.74, 6) is 0.645. The van der Waals surface area contributed by atoms with Crippen molar-refractivity contribution in [3.05, 3.63) is 53.4 Å². The molecule has 0 bridgehead atoms. The number of fused-ring (bicyclic) bond motifs is 1. The minimum Gasteiger partial charge on any atom is -0.385 e. The zero-order valence-electron chi connectivity index (χ0n) is 22.2. The van der Waals surface area contributed by atoms with Crippen LogP contribution in [0.15, 0.2) is 62.3 Å². The third-order valence-electron chi connectivity index (χ3n) is 5.79. The van der Waals surface area contributed by atoms with Crippen LogP contribution < -0.4 is 10.6 Å². The quantitative estimate of drug-likeness (QED) is 0.0860. The molecule has 0 spiro atoms. The molecule has 2 atom stereocenters. The Labute approximate surface area is 242 Å². The first-order chi connectivity index (χ1) is 19.5. The zero-order valence-corrected chi connectivity index (χ0v) is 24.6. The Morgan fingerprint density at radius 1 is 1.15 bits per heavy atom.